The molecule has 0 saturated carbocycles. The van der Waals surface area contributed by atoms with E-state index in [-0.39, 0.29) is 6.04 Å². The standard InChI is InChI=1S/C10H9Cl2NOS/c1-5-6(2-3-14-5)9(13)7-4-8(11)15-10(7)12/h2-4,9H,13H2,1H3. The van der Waals surface area contributed by atoms with Crippen molar-refractivity contribution in [2.45, 2.75) is 13.0 Å². The van der Waals surface area contributed by atoms with Crippen molar-refractivity contribution >= 4 is 34.5 Å². The van der Waals surface area contributed by atoms with Gasteiger partial charge in [0.15, 0.2) is 0 Å². The van der Waals surface area contributed by atoms with Gasteiger partial charge in [-0.25, -0.2) is 0 Å². The summed E-state index contributed by atoms with van der Waals surface area (Å²) in [6, 6.07) is 3.37. The van der Waals surface area contributed by atoms with Gasteiger partial charge in [0.25, 0.3) is 0 Å². The molecule has 0 aliphatic carbocycles. The van der Waals surface area contributed by atoms with Crippen LogP contribution in [0.2, 0.25) is 8.67 Å². The molecule has 0 bridgehead atoms. The van der Waals surface area contributed by atoms with Crippen molar-refractivity contribution in [3.63, 3.8) is 0 Å². The van der Waals surface area contributed by atoms with E-state index in [9.17, 15) is 0 Å². The fraction of sp³-hybridized carbons (Fsp3) is 0.200. The zero-order valence-electron chi connectivity index (χ0n) is 7.96. The van der Waals surface area contributed by atoms with Gasteiger partial charge >= 0.3 is 0 Å². The van der Waals surface area contributed by atoms with Gasteiger partial charge in [-0.2, -0.15) is 0 Å². The zero-order valence-corrected chi connectivity index (χ0v) is 10.3. The smallest absolute Gasteiger partial charge is 0.105 e. The molecule has 0 amide bonds. The van der Waals surface area contributed by atoms with Crippen LogP contribution in [0.1, 0.15) is 22.9 Å². The lowest BCUT2D eigenvalue weighted by molar-refractivity contribution is 0.527. The van der Waals surface area contributed by atoms with Gasteiger partial charge in [0.2, 0.25) is 0 Å². The number of aryl methyl sites for hydroxylation is 1. The van der Waals surface area contributed by atoms with Gasteiger partial charge in [0.1, 0.15) is 5.76 Å². The van der Waals surface area contributed by atoms with Gasteiger partial charge in [-0.3, -0.25) is 0 Å². The molecule has 0 aliphatic rings. The molecule has 2 aromatic rings. The Morgan fingerprint density at radius 3 is 2.60 bits per heavy atom. The van der Waals surface area contributed by atoms with Crippen molar-refractivity contribution in [3.8, 4) is 0 Å². The molecule has 2 N–H and O–H groups in total. The Hall–Kier alpha value is -0.480. The molecule has 80 valence electrons. The number of nitrogens with two attached hydrogens (primary N) is 1. The Balaban J connectivity index is 2.40. The van der Waals surface area contributed by atoms with Gasteiger partial charge in [-0.1, -0.05) is 23.2 Å². The first-order valence-electron chi connectivity index (χ1n) is 4.34. The maximum Gasteiger partial charge on any atom is 0.105 e. The maximum atomic E-state index is 6.08. The van der Waals surface area contributed by atoms with E-state index in [2.05, 4.69) is 0 Å². The molecule has 0 fully saturated rings. The Bertz CT molecular complexity index is 477. The third-order valence-corrected chi connectivity index (χ3v) is 3.77. The number of halogens is 2. The third kappa shape index (κ3) is 2.06. The summed E-state index contributed by atoms with van der Waals surface area (Å²) in [5.41, 5.74) is 7.86. The van der Waals surface area contributed by atoms with E-state index in [1.807, 2.05) is 13.0 Å². The molecule has 2 nitrogen and oxygen atoms in total. The average Bonchev–Trinajstić information content (AvgIpc) is 2.71. The van der Waals surface area contributed by atoms with Crippen LogP contribution in [-0.4, -0.2) is 0 Å². The number of furan rings is 1. The maximum absolute atomic E-state index is 6.08. The van der Waals surface area contributed by atoms with E-state index in [1.54, 1.807) is 12.3 Å². The van der Waals surface area contributed by atoms with Crippen LogP contribution in [0.5, 0.6) is 0 Å². The SMILES string of the molecule is Cc1occc1C(N)c1cc(Cl)sc1Cl. The van der Waals surface area contributed by atoms with Crippen LogP contribution in [-0.2, 0) is 0 Å². The first-order chi connectivity index (χ1) is 7.09. The van der Waals surface area contributed by atoms with Crippen molar-refractivity contribution in [2.75, 3.05) is 0 Å². The monoisotopic (exact) mass is 261 g/mol. The molecule has 2 aromatic heterocycles. The van der Waals surface area contributed by atoms with Crippen molar-refractivity contribution < 1.29 is 4.42 Å². The van der Waals surface area contributed by atoms with E-state index in [4.69, 9.17) is 33.4 Å². The van der Waals surface area contributed by atoms with E-state index < -0.39 is 0 Å². The topological polar surface area (TPSA) is 39.2 Å². The Morgan fingerprint density at radius 1 is 1.40 bits per heavy atom. The van der Waals surface area contributed by atoms with Gasteiger partial charge in [-0.05, 0) is 19.1 Å². The molecule has 0 aromatic carbocycles. The summed E-state index contributed by atoms with van der Waals surface area (Å²) in [4.78, 5) is 0. The van der Waals surface area contributed by atoms with Gasteiger partial charge in [-0.15, -0.1) is 11.3 Å². The van der Waals surface area contributed by atoms with E-state index in [0.29, 0.717) is 8.67 Å². The van der Waals surface area contributed by atoms with Crippen LogP contribution in [0.4, 0.5) is 0 Å². The van der Waals surface area contributed by atoms with Crippen LogP contribution in [0.3, 0.4) is 0 Å². The summed E-state index contributed by atoms with van der Waals surface area (Å²) < 4.78 is 6.48. The highest BCUT2D eigenvalue weighted by Crippen LogP contribution is 2.37. The molecule has 0 radical (unpaired) electrons. The highest BCUT2D eigenvalue weighted by Gasteiger charge is 2.18. The average molecular weight is 262 g/mol. The molecule has 0 spiro atoms. The lowest BCUT2D eigenvalue weighted by atomic mass is 10.0. The Labute approximate surface area is 102 Å². The largest absolute Gasteiger partial charge is 0.469 e. The summed E-state index contributed by atoms with van der Waals surface area (Å²) in [5.74, 6) is 0.806. The molecule has 5 heteroatoms. The third-order valence-electron chi connectivity index (χ3n) is 2.25. The predicted molar refractivity (Wildman–Crippen MR) is 63.8 cm³/mol. The molecular weight excluding hydrogens is 253 g/mol. The number of hydrogen-bond donors (Lipinski definition) is 1. The van der Waals surface area contributed by atoms with E-state index in [0.717, 1.165) is 16.9 Å². The van der Waals surface area contributed by atoms with Crippen molar-refractivity contribution in [1.82, 2.24) is 0 Å². The highest BCUT2D eigenvalue weighted by atomic mass is 35.5. The summed E-state index contributed by atoms with van der Waals surface area (Å²) in [6.45, 7) is 1.87. The molecule has 2 rings (SSSR count). The molecule has 1 atom stereocenters. The van der Waals surface area contributed by atoms with Crippen LogP contribution in [0.25, 0.3) is 0 Å². The second-order valence-electron chi connectivity index (χ2n) is 3.19. The van der Waals surface area contributed by atoms with E-state index in [1.165, 1.54) is 11.3 Å². The predicted octanol–water partition coefficient (Wildman–Crippen LogP) is 4.00. The molecule has 0 aliphatic heterocycles. The van der Waals surface area contributed by atoms with Crippen LogP contribution >= 0.6 is 34.5 Å². The lowest BCUT2D eigenvalue weighted by Crippen LogP contribution is -2.11. The number of rotatable bonds is 2. The second kappa shape index (κ2) is 4.18. The lowest BCUT2D eigenvalue weighted by Gasteiger charge is -2.09. The van der Waals surface area contributed by atoms with Crippen molar-refractivity contribution in [3.05, 3.63) is 44.0 Å². The normalized spacial score (nSPS) is 13.1. The molecule has 0 saturated heterocycles. The molecular formula is C10H9Cl2NOS. The van der Waals surface area contributed by atoms with Gasteiger partial charge in [0, 0.05) is 11.1 Å². The van der Waals surface area contributed by atoms with Crippen molar-refractivity contribution in [1.29, 1.82) is 0 Å². The first kappa shape index (κ1) is 11.0. The fourth-order valence-corrected chi connectivity index (χ4v) is 3.00. The van der Waals surface area contributed by atoms with E-state index >= 15 is 0 Å². The summed E-state index contributed by atoms with van der Waals surface area (Å²) in [5, 5.41) is 0. The summed E-state index contributed by atoms with van der Waals surface area (Å²) >= 11 is 13.2. The number of hydrogen-bond acceptors (Lipinski definition) is 3. The summed E-state index contributed by atoms with van der Waals surface area (Å²) in [7, 11) is 0. The minimum absolute atomic E-state index is 0.278. The summed E-state index contributed by atoms with van der Waals surface area (Å²) in [6.07, 6.45) is 1.62. The second-order valence-corrected chi connectivity index (χ2v) is 5.47. The first-order valence-corrected chi connectivity index (χ1v) is 5.91. The number of thiophene rings is 1. The Kier molecular flexibility index (Phi) is 3.07. The minimum Gasteiger partial charge on any atom is -0.469 e. The van der Waals surface area contributed by atoms with Gasteiger partial charge in [0.05, 0.1) is 21.0 Å². The quantitative estimate of drug-likeness (QED) is 0.888. The van der Waals surface area contributed by atoms with Crippen LogP contribution in [0.15, 0.2) is 22.8 Å². The molecule has 1 unspecified atom stereocenters. The van der Waals surface area contributed by atoms with Gasteiger partial charge < -0.3 is 10.2 Å². The van der Waals surface area contributed by atoms with Crippen molar-refractivity contribution in [2.24, 2.45) is 5.73 Å². The minimum atomic E-state index is -0.278. The van der Waals surface area contributed by atoms with Crippen LogP contribution in [0, 0.1) is 6.92 Å². The molecule has 15 heavy (non-hydrogen) atoms. The highest BCUT2D eigenvalue weighted by molar-refractivity contribution is 7.20. The zero-order chi connectivity index (χ0) is 11.0. The fourth-order valence-electron chi connectivity index (χ4n) is 1.45. The Morgan fingerprint density at radius 2 is 2.13 bits per heavy atom. The van der Waals surface area contributed by atoms with Crippen LogP contribution < -0.4 is 5.73 Å². The molecule has 2 heterocycles.